The van der Waals surface area contributed by atoms with Crippen LogP contribution in [0.4, 0.5) is 8.78 Å². The normalized spacial score (nSPS) is 12.8. The van der Waals surface area contributed by atoms with Crippen LogP contribution in [0.3, 0.4) is 0 Å². The highest BCUT2D eigenvalue weighted by Crippen LogP contribution is 2.31. The minimum atomic E-state index is -0.768. The SMILES string of the molecule is CCCCCCC(Br)c1cccc(F)c1F. The molecule has 1 unspecified atom stereocenters. The van der Waals surface area contributed by atoms with Gasteiger partial charge in [-0.3, -0.25) is 0 Å². The summed E-state index contributed by atoms with van der Waals surface area (Å²) in [6.07, 6.45) is 5.42. The van der Waals surface area contributed by atoms with E-state index in [-0.39, 0.29) is 4.83 Å². The second kappa shape index (κ2) is 7.00. The average molecular weight is 291 g/mol. The van der Waals surface area contributed by atoms with Crippen molar-refractivity contribution < 1.29 is 8.78 Å². The van der Waals surface area contributed by atoms with Gasteiger partial charge in [0.1, 0.15) is 0 Å². The van der Waals surface area contributed by atoms with Crippen molar-refractivity contribution in [2.45, 2.75) is 43.9 Å². The molecule has 0 aliphatic carbocycles. The maximum absolute atomic E-state index is 13.4. The molecule has 0 aliphatic rings. The molecule has 0 nitrogen and oxygen atoms in total. The van der Waals surface area contributed by atoms with Gasteiger partial charge >= 0.3 is 0 Å². The molecule has 16 heavy (non-hydrogen) atoms. The molecule has 90 valence electrons. The molecule has 0 heterocycles. The summed E-state index contributed by atoms with van der Waals surface area (Å²) in [4.78, 5) is -0.0833. The van der Waals surface area contributed by atoms with Gasteiger partial charge in [-0.2, -0.15) is 0 Å². The van der Waals surface area contributed by atoms with Crippen molar-refractivity contribution in [3.05, 3.63) is 35.4 Å². The zero-order valence-corrected chi connectivity index (χ0v) is 11.1. The van der Waals surface area contributed by atoms with E-state index in [9.17, 15) is 8.78 Å². The molecule has 0 aromatic heterocycles. The van der Waals surface area contributed by atoms with Crippen LogP contribution < -0.4 is 0 Å². The molecule has 0 spiro atoms. The lowest BCUT2D eigenvalue weighted by atomic mass is 10.0. The molecule has 0 fully saturated rings. The van der Waals surface area contributed by atoms with Crippen LogP contribution in [-0.2, 0) is 0 Å². The molecule has 0 saturated carbocycles. The largest absolute Gasteiger partial charge is 0.204 e. The summed E-state index contributed by atoms with van der Waals surface area (Å²) < 4.78 is 26.4. The maximum Gasteiger partial charge on any atom is 0.163 e. The number of hydrogen-bond acceptors (Lipinski definition) is 0. The second-order valence-electron chi connectivity index (χ2n) is 3.96. The van der Waals surface area contributed by atoms with E-state index in [2.05, 4.69) is 22.9 Å². The lowest BCUT2D eigenvalue weighted by Gasteiger charge is -2.11. The van der Waals surface area contributed by atoms with Gasteiger partial charge in [-0.1, -0.05) is 60.7 Å². The number of benzene rings is 1. The molecule has 0 amide bonds. The van der Waals surface area contributed by atoms with Crippen molar-refractivity contribution in [1.82, 2.24) is 0 Å². The summed E-state index contributed by atoms with van der Waals surface area (Å²) in [7, 11) is 0. The highest BCUT2D eigenvalue weighted by molar-refractivity contribution is 9.09. The first kappa shape index (κ1) is 13.6. The quantitative estimate of drug-likeness (QED) is 0.488. The maximum atomic E-state index is 13.4. The zero-order valence-electron chi connectivity index (χ0n) is 9.48. The van der Waals surface area contributed by atoms with Gasteiger partial charge < -0.3 is 0 Å². The van der Waals surface area contributed by atoms with Crippen LogP contribution in [0.1, 0.15) is 49.4 Å². The molecular formula is C13H17BrF2. The van der Waals surface area contributed by atoms with E-state index < -0.39 is 11.6 Å². The van der Waals surface area contributed by atoms with Crippen molar-refractivity contribution in [3.8, 4) is 0 Å². The molecule has 1 rings (SSSR count). The first-order valence-corrected chi connectivity index (χ1v) is 6.66. The lowest BCUT2D eigenvalue weighted by molar-refractivity contribution is 0.494. The Labute approximate surface area is 104 Å². The van der Waals surface area contributed by atoms with E-state index in [0.717, 1.165) is 25.3 Å². The van der Waals surface area contributed by atoms with E-state index in [0.29, 0.717) is 5.56 Å². The van der Waals surface area contributed by atoms with E-state index in [1.807, 2.05) is 0 Å². The summed E-state index contributed by atoms with van der Waals surface area (Å²) in [5.41, 5.74) is 0.427. The summed E-state index contributed by atoms with van der Waals surface area (Å²) in [6, 6.07) is 4.33. The number of hydrogen-bond donors (Lipinski definition) is 0. The van der Waals surface area contributed by atoms with Crippen LogP contribution in [0, 0.1) is 11.6 Å². The predicted octanol–water partition coefficient (Wildman–Crippen LogP) is 5.37. The summed E-state index contributed by atoms with van der Waals surface area (Å²) in [5, 5.41) is 0. The topological polar surface area (TPSA) is 0 Å². The third kappa shape index (κ3) is 3.85. The Bertz CT molecular complexity index is 326. The van der Waals surface area contributed by atoms with Gasteiger partial charge in [0.15, 0.2) is 11.6 Å². The Morgan fingerprint density at radius 1 is 1.19 bits per heavy atom. The molecule has 0 radical (unpaired) electrons. The van der Waals surface area contributed by atoms with Crippen molar-refractivity contribution in [3.63, 3.8) is 0 Å². The molecule has 0 N–H and O–H groups in total. The average Bonchev–Trinajstić information content (AvgIpc) is 2.28. The molecule has 0 aliphatic heterocycles. The summed E-state index contributed by atoms with van der Waals surface area (Å²) >= 11 is 3.42. The lowest BCUT2D eigenvalue weighted by Crippen LogP contribution is -1.97. The fraction of sp³-hybridized carbons (Fsp3) is 0.538. The minimum Gasteiger partial charge on any atom is -0.204 e. The fourth-order valence-corrected chi connectivity index (χ4v) is 2.35. The highest BCUT2D eigenvalue weighted by Gasteiger charge is 2.14. The van der Waals surface area contributed by atoms with Crippen LogP contribution >= 0.6 is 15.9 Å². The molecule has 3 heteroatoms. The fourth-order valence-electron chi connectivity index (χ4n) is 1.67. The molecule has 1 atom stereocenters. The Balaban J connectivity index is 2.52. The van der Waals surface area contributed by atoms with Crippen molar-refractivity contribution in [2.75, 3.05) is 0 Å². The number of unbranched alkanes of at least 4 members (excludes halogenated alkanes) is 3. The highest BCUT2D eigenvalue weighted by atomic mass is 79.9. The van der Waals surface area contributed by atoms with Crippen LogP contribution in [0.2, 0.25) is 0 Å². The first-order valence-electron chi connectivity index (χ1n) is 5.74. The molecule has 1 aromatic rings. The Kier molecular flexibility index (Phi) is 5.96. The number of halogens is 3. The summed E-state index contributed by atoms with van der Waals surface area (Å²) in [5.74, 6) is -1.49. The van der Waals surface area contributed by atoms with Gasteiger partial charge in [0.25, 0.3) is 0 Å². The number of alkyl halides is 1. The first-order chi connectivity index (χ1) is 7.66. The Morgan fingerprint density at radius 3 is 2.62 bits per heavy atom. The van der Waals surface area contributed by atoms with Gasteiger partial charge in [0.05, 0.1) is 0 Å². The van der Waals surface area contributed by atoms with Crippen molar-refractivity contribution in [2.24, 2.45) is 0 Å². The van der Waals surface area contributed by atoms with Gasteiger partial charge in [-0.05, 0) is 12.5 Å². The van der Waals surface area contributed by atoms with E-state index in [1.54, 1.807) is 12.1 Å². The van der Waals surface area contributed by atoms with E-state index in [4.69, 9.17) is 0 Å². The predicted molar refractivity (Wildman–Crippen MR) is 66.8 cm³/mol. The van der Waals surface area contributed by atoms with Crippen LogP contribution in [-0.4, -0.2) is 0 Å². The van der Waals surface area contributed by atoms with Crippen molar-refractivity contribution >= 4 is 15.9 Å². The van der Waals surface area contributed by atoms with Gasteiger partial charge in [-0.25, -0.2) is 8.78 Å². The Hall–Kier alpha value is -0.440. The molecule has 0 saturated heterocycles. The van der Waals surface area contributed by atoms with Gasteiger partial charge in [-0.15, -0.1) is 0 Å². The molecular weight excluding hydrogens is 274 g/mol. The van der Waals surface area contributed by atoms with E-state index in [1.165, 1.54) is 12.8 Å². The minimum absolute atomic E-state index is 0.0833. The van der Waals surface area contributed by atoms with Gasteiger partial charge in [0.2, 0.25) is 0 Å². The van der Waals surface area contributed by atoms with Gasteiger partial charge in [0, 0.05) is 10.4 Å². The van der Waals surface area contributed by atoms with Crippen LogP contribution in [0.25, 0.3) is 0 Å². The zero-order chi connectivity index (χ0) is 12.0. The third-order valence-corrected chi connectivity index (χ3v) is 3.58. The Morgan fingerprint density at radius 2 is 1.94 bits per heavy atom. The van der Waals surface area contributed by atoms with E-state index >= 15 is 0 Å². The van der Waals surface area contributed by atoms with Crippen LogP contribution in [0.15, 0.2) is 18.2 Å². The van der Waals surface area contributed by atoms with Crippen LogP contribution in [0.5, 0.6) is 0 Å². The molecule has 1 aromatic carbocycles. The number of rotatable bonds is 6. The summed E-state index contributed by atoms with van der Waals surface area (Å²) in [6.45, 7) is 2.15. The third-order valence-electron chi connectivity index (χ3n) is 2.63. The standard InChI is InChI=1S/C13H17BrF2/c1-2-3-4-5-8-11(14)10-7-6-9-12(15)13(10)16/h6-7,9,11H,2-5,8H2,1H3. The van der Waals surface area contributed by atoms with Crippen molar-refractivity contribution in [1.29, 1.82) is 0 Å². The molecule has 0 bridgehead atoms. The monoisotopic (exact) mass is 290 g/mol. The second-order valence-corrected chi connectivity index (χ2v) is 5.07. The smallest absolute Gasteiger partial charge is 0.163 e.